The number of nitrogens with zero attached hydrogens (tertiary/aromatic N) is 1. The molecule has 3 rings (SSSR count). The normalized spacial score (nSPS) is 15.0. The lowest BCUT2D eigenvalue weighted by atomic mass is 9.96. The van der Waals surface area contributed by atoms with Crippen LogP contribution in [0.1, 0.15) is 35.1 Å². The highest BCUT2D eigenvalue weighted by Crippen LogP contribution is 2.43. The number of methoxy groups -OCH3 is 1. The molecule has 2 aromatic rings. The van der Waals surface area contributed by atoms with Crippen LogP contribution in [0.3, 0.4) is 0 Å². The van der Waals surface area contributed by atoms with Crippen LogP contribution in [0.25, 0.3) is 11.3 Å². The number of hydrogen-bond donors (Lipinski definition) is 0. The molecule has 0 N–H and O–H groups in total. The van der Waals surface area contributed by atoms with E-state index in [0.717, 1.165) is 0 Å². The summed E-state index contributed by atoms with van der Waals surface area (Å²) in [6.45, 7) is 1.75. The molecule has 9 heteroatoms. The first-order valence-electron chi connectivity index (χ1n) is 8.47. The summed E-state index contributed by atoms with van der Waals surface area (Å²) in [7, 11) is -4.50. The second kappa shape index (κ2) is 7.46. The third-order valence-corrected chi connectivity index (χ3v) is 5.48. The Hall–Kier alpha value is -2.55. The summed E-state index contributed by atoms with van der Waals surface area (Å²) in [6, 6.07) is 6.62. The van der Waals surface area contributed by atoms with E-state index in [0.29, 0.717) is 41.5 Å². The van der Waals surface area contributed by atoms with E-state index in [1.165, 1.54) is 13.3 Å². The molecule has 0 unspecified atom stereocenters. The average molecular weight is 413 g/mol. The molecule has 150 valence electrons. The van der Waals surface area contributed by atoms with Gasteiger partial charge < -0.3 is 8.92 Å². The fourth-order valence-electron chi connectivity index (χ4n) is 3.25. The molecule has 0 fully saturated rings. The SMILES string of the molecule is COc1cccc2c1C(OS(=O)(=O)C(F)(F)F)=C(c1ccncc1C)CCC2. The van der Waals surface area contributed by atoms with Crippen LogP contribution in [0.5, 0.6) is 5.75 Å². The molecule has 0 amide bonds. The van der Waals surface area contributed by atoms with Crippen molar-refractivity contribution in [1.29, 1.82) is 0 Å². The second-order valence-electron chi connectivity index (χ2n) is 6.33. The number of hydrogen-bond acceptors (Lipinski definition) is 5. The van der Waals surface area contributed by atoms with Gasteiger partial charge in [0.25, 0.3) is 0 Å². The molecule has 0 spiro atoms. The van der Waals surface area contributed by atoms with Gasteiger partial charge in [0.05, 0.1) is 12.7 Å². The number of ether oxygens (including phenoxy) is 1. The van der Waals surface area contributed by atoms with Crippen molar-refractivity contribution in [2.75, 3.05) is 7.11 Å². The summed E-state index contributed by atoms with van der Waals surface area (Å²) in [6.07, 6.45) is 4.55. The zero-order chi connectivity index (χ0) is 20.5. The van der Waals surface area contributed by atoms with Crippen LogP contribution >= 0.6 is 0 Å². The number of pyridine rings is 1. The molecule has 28 heavy (non-hydrogen) atoms. The van der Waals surface area contributed by atoms with Crippen molar-refractivity contribution in [2.45, 2.75) is 31.7 Å². The summed E-state index contributed by atoms with van der Waals surface area (Å²) in [5, 5.41) is 0. The number of aryl methyl sites for hydroxylation is 2. The standard InChI is InChI=1S/C19H18F3NO4S/c1-12-11-23-10-9-14(12)15-7-3-5-13-6-4-8-16(26-2)17(13)18(15)27-28(24,25)19(20,21)22/h4,6,8-11H,3,5,7H2,1-2H3. The summed E-state index contributed by atoms with van der Waals surface area (Å²) >= 11 is 0. The topological polar surface area (TPSA) is 65.5 Å². The second-order valence-corrected chi connectivity index (χ2v) is 7.87. The monoisotopic (exact) mass is 413 g/mol. The van der Waals surface area contributed by atoms with E-state index in [9.17, 15) is 21.6 Å². The van der Waals surface area contributed by atoms with Crippen LogP contribution in [0.4, 0.5) is 13.2 Å². The molecule has 1 aliphatic carbocycles. The lowest BCUT2D eigenvalue weighted by Crippen LogP contribution is -2.25. The Balaban J connectivity index is 2.34. The number of alkyl halides is 3. The third-order valence-electron chi connectivity index (χ3n) is 4.53. The maximum absolute atomic E-state index is 13.1. The lowest BCUT2D eigenvalue weighted by molar-refractivity contribution is -0.0509. The van der Waals surface area contributed by atoms with E-state index in [4.69, 9.17) is 8.92 Å². The van der Waals surface area contributed by atoms with E-state index < -0.39 is 15.6 Å². The predicted molar refractivity (Wildman–Crippen MR) is 97.8 cm³/mol. The van der Waals surface area contributed by atoms with Gasteiger partial charge in [0.2, 0.25) is 0 Å². The first-order valence-corrected chi connectivity index (χ1v) is 9.87. The molecule has 1 heterocycles. The van der Waals surface area contributed by atoms with E-state index in [1.54, 1.807) is 37.4 Å². The van der Waals surface area contributed by atoms with Crippen LogP contribution < -0.4 is 4.74 Å². The van der Waals surface area contributed by atoms with Gasteiger partial charge in [0.15, 0.2) is 5.76 Å². The molecule has 0 radical (unpaired) electrons. The summed E-state index contributed by atoms with van der Waals surface area (Å²) in [5.41, 5.74) is -3.01. The first kappa shape index (κ1) is 20.2. The average Bonchev–Trinajstić information content (AvgIpc) is 2.80. The van der Waals surface area contributed by atoms with Gasteiger partial charge in [0.1, 0.15) is 5.75 Å². The van der Waals surface area contributed by atoms with Gasteiger partial charge in [-0.1, -0.05) is 12.1 Å². The predicted octanol–water partition coefficient (Wildman–Crippen LogP) is 4.47. The van der Waals surface area contributed by atoms with Crippen molar-refractivity contribution in [1.82, 2.24) is 4.98 Å². The summed E-state index contributed by atoms with van der Waals surface area (Å²) < 4.78 is 73.0. The molecule has 0 saturated heterocycles. The molecular formula is C19H18F3NO4S. The summed E-state index contributed by atoms with van der Waals surface area (Å²) in [4.78, 5) is 3.99. The van der Waals surface area contributed by atoms with Gasteiger partial charge in [-0.2, -0.15) is 21.6 Å². The molecule has 0 saturated carbocycles. The minimum absolute atomic E-state index is 0.224. The minimum Gasteiger partial charge on any atom is -0.496 e. The van der Waals surface area contributed by atoms with E-state index in [-0.39, 0.29) is 17.1 Å². The maximum Gasteiger partial charge on any atom is 0.534 e. The fraction of sp³-hybridized carbons (Fsp3) is 0.316. The summed E-state index contributed by atoms with van der Waals surface area (Å²) in [5.74, 6) is -0.104. The molecule has 5 nitrogen and oxygen atoms in total. The number of halogens is 3. The number of benzene rings is 1. The van der Waals surface area contributed by atoms with Crippen molar-refractivity contribution in [3.8, 4) is 5.75 Å². The van der Waals surface area contributed by atoms with Gasteiger partial charge in [-0.15, -0.1) is 0 Å². The Morgan fingerprint density at radius 1 is 1.14 bits per heavy atom. The highest BCUT2D eigenvalue weighted by molar-refractivity contribution is 7.87. The van der Waals surface area contributed by atoms with Crippen molar-refractivity contribution in [3.05, 3.63) is 58.9 Å². The highest BCUT2D eigenvalue weighted by Gasteiger charge is 2.49. The van der Waals surface area contributed by atoms with Crippen LogP contribution in [0, 0.1) is 6.92 Å². The molecule has 1 aromatic heterocycles. The Morgan fingerprint density at radius 2 is 1.89 bits per heavy atom. The molecule has 0 bridgehead atoms. The highest BCUT2D eigenvalue weighted by atomic mass is 32.2. The van der Waals surface area contributed by atoms with Gasteiger partial charge in [-0.3, -0.25) is 4.98 Å². The minimum atomic E-state index is -5.86. The van der Waals surface area contributed by atoms with Crippen LogP contribution in [0.15, 0.2) is 36.7 Å². The largest absolute Gasteiger partial charge is 0.534 e. The maximum atomic E-state index is 13.1. The number of rotatable bonds is 4. The zero-order valence-electron chi connectivity index (χ0n) is 15.2. The van der Waals surface area contributed by atoms with E-state index in [2.05, 4.69) is 4.98 Å². The van der Waals surface area contributed by atoms with Crippen LogP contribution in [-0.4, -0.2) is 26.0 Å². The molecule has 1 aliphatic rings. The molecule has 0 aliphatic heterocycles. The van der Waals surface area contributed by atoms with Gasteiger partial charge >= 0.3 is 15.6 Å². The van der Waals surface area contributed by atoms with Crippen LogP contribution in [-0.2, 0) is 20.7 Å². The Kier molecular flexibility index (Phi) is 5.38. The van der Waals surface area contributed by atoms with Gasteiger partial charge in [-0.25, -0.2) is 0 Å². The first-order chi connectivity index (χ1) is 13.2. The Labute approximate surface area is 160 Å². The Morgan fingerprint density at radius 3 is 2.54 bits per heavy atom. The molecule has 1 aromatic carbocycles. The number of fused-ring (bicyclic) bond motifs is 1. The van der Waals surface area contributed by atoms with E-state index in [1.807, 2.05) is 0 Å². The molecular weight excluding hydrogens is 395 g/mol. The van der Waals surface area contributed by atoms with Crippen molar-refractivity contribution < 1.29 is 30.5 Å². The van der Waals surface area contributed by atoms with E-state index >= 15 is 0 Å². The Bertz CT molecular complexity index is 1030. The van der Waals surface area contributed by atoms with Gasteiger partial charge in [0, 0.05) is 18.0 Å². The van der Waals surface area contributed by atoms with Crippen LogP contribution in [0.2, 0.25) is 0 Å². The lowest BCUT2D eigenvalue weighted by Gasteiger charge is -2.20. The van der Waals surface area contributed by atoms with Crippen molar-refractivity contribution in [2.24, 2.45) is 0 Å². The third kappa shape index (κ3) is 3.71. The number of aromatic nitrogens is 1. The fourth-order valence-corrected chi connectivity index (χ4v) is 3.75. The smallest absolute Gasteiger partial charge is 0.496 e. The van der Waals surface area contributed by atoms with Crippen molar-refractivity contribution in [3.63, 3.8) is 0 Å². The molecule has 0 atom stereocenters. The quantitative estimate of drug-likeness (QED) is 0.547. The van der Waals surface area contributed by atoms with Gasteiger partial charge in [-0.05, 0) is 55.0 Å². The van der Waals surface area contributed by atoms with Crippen molar-refractivity contribution >= 4 is 21.5 Å². The zero-order valence-corrected chi connectivity index (χ0v) is 16.0. The number of allylic oxidation sites excluding steroid dienone is 1.